The molecule has 0 bridgehead atoms. The van der Waals surface area contributed by atoms with E-state index in [9.17, 15) is 9.59 Å². The minimum Gasteiger partial charge on any atom is -0.463 e. The number of hydrogen-bond donors (Lipinski definition) is 0. The van der Waals surface area contributed by atoms with Crippen LogP contribution in [0, 0.1) is 6.92 Å². The van der Waals surface area contributed by atoms with Crippen LogP contribution in [0.2, 0.25) is 0 Å². The molecule has 0 aromatic heterocycles. The third-order valence-electron chi connectivity index (χ3n) is 6.94. The summed E-state index contributed by atoms with van der Waals surface area (Å²) in [6.07, 6.45) is 2.25. The number of piperidine rings is 1. The summed E-state index contributed by atoms with van der Waals surface area (Å²) < 4.78 is 5.44. The molecule has 1 atom stereocenters. The van der Waals surface area contributed by atoms with E-state index in [1.807, 2.05) is 62.4 Å². The molecule has 4 rings (SSSR count). The number of amides is 1. The molecule has 1 fully saturated rings. The van der Waals surface area contributed by atoms with E-state index in [1.165, 1.54) is 11.8 Å². The number of allylic oxidation sites excluding steroid dienone is 1. The van der Waals surface area contributed by atoms with Crippen molar-refractivity contribution in [2.24, 2.45) is 4.99 Å². The lowest BCUT2D eigenvalue weighted by Crippen LogP contribution is -2.45. The van der Waals surface area contributed by atoms with E-state index < -0.39 is 0 Å². The van der Waals surface area contributed by atoms with Crippen molar-refractivity contribution >= 4 is 28.8 Å². The topological polar surface area (TPSA) is 65.5 Å². The van der Waals surface area contributed by atoms with Crippen LogP contribution >= 0.6 is 11.8 Å². The van der Waals surface area contributed by atoms with E-state index >= 15 is 0 Å². The number of esters is 1. The Morgan fingerprint density at radius 3 is 2.59 bits per heavy atom. The highest BCUT2D eigenvalue weighted by atomic mass is 32.2. The summed E-state index contributed by atoms with van der Waals surface area (Å²) in [5.41, 5.74) is 4.16. The molecule has 182 valence electrons. The SMILES string of the molecule is CCOC(=O)C1=C(C)N=C2SC=C(CC(=O)N(C)C3CCN(C)CC3)N2[C@@H]1c1ccccc1C. The van der Waals surface area contributed by atoms with Gasteiger partial charge in [0.2, 0.25) is 5.91 Å². The predicted molar refractivity (Wildman–Crippen MR) is 136 cm³/mol. The molecule has 8 heteroatoms. The zero-order valence-electron chi connectivity index (χ0n) is 20.7. The third kappa shape index (κ3) is 4.79. The van der Waals surface area contributed by atoms with Crippen LogP contribution in [0.1, 0.15) is 50.3 Å². The molecule has 0 unspecified atom stereocenters. The van der Waals surface area contributed by atoms with Gasteiger partial charge in [-0.2, -0.15) is 0 Å². The second-order valence-electron chi connectivity index (χ2n) is 9.19. The van der Waals surface area contributed by atoms with Gasteiger partial charge < -0.3 is 19.4 Å². The van der Waals surface area contributed by atoms with Crippen LogP contribution in [0.3, 0.4) is 0 Å². The van der Waals surface area contributed by atoms with Crippen LogP contribution in [0.15, 0.2) is 51.6 Å². The fourth-order valence-electron chi connectivity index (χ4n) is 4.89. The fraction of sp³-hybridized carbons (Fsp3) is 0.500. The van der Waals surface area contributed by atoms with E-state index in [1.54, 1.807) is 0 Å². The Kier molecular flexibility index (Phi) is 7.48. The molecule has 0 saturated carbocycles. The van der Waals surface area contributed by atoms with Gasteiger partial charge in [0.15, 0.2) is 5.17 Å². The summed E-state index contributed by atoms with van der Waals surface area (Å²) in [7, 11) is 4.04. The number of rotatable bonds is 6. The van der Waals surface area contributed by atoms with Crippen molar-refractivity contribution in [1.82, 2.24) is 14.7 Å². The largest absolute Gasteiger partial charge is 0.463 e. The first kappa shape index (κ1) is 24.5. The van der Waals surface area contributed by atoms with Crippen molar-refractivity contribution < 1.29 is 14.3 Å². The standard InChI is InChI=1S/C26H34N4O3S/c1-6-33-25(32)23-18(3)27-26-30(24(23)21-10-8-7-9-17(21)2)20(16-34-26)15-22(31)29(5)19-11-13-28(4)14-12-19/h7-10,16,19,24H,6,11-15H2,1-5H3/t24-/m1/s1. The maximum absolute atomic E-state index is 13.3. The molecule has 7 nitrogen and oxygen atoms in total. The Morgan fingerprint density at radius 1 is 1.21 bits per heavy atom. The van der Waals surface area contributed by atoms with Crippen LogP contribution in [0.4, 0.5) is 0 Å². The number of carbonyl (C=O) groups excluding carboxylic acids is 2. The van der Waals surface area contributed by atoms with E-state index in [4.69, 9.17) is 9.73 Å². The molecule has 1 amide bonds. The lowest BCUT2D eigenvalue weighted by molar-refractivity contribution is -0.139. The maximum Gasteiger partial charge on any atom is 0.338 e. The summed E-state index contributed by atoms with van der Waals surface area (Å²) >= 11 is 1.51. The van der Waals surface area contributed by atoms with Gasteiger partial charge in [0.25, 0.3) is 0 Å². The summed E-state index contributed by atoms with van der Waals surface area (Å²) in [4.78, 5) is 37.4. The molecule has 1 aromatic carbocycles. The van der Waals surface area contributed by atoms with E-state index in [2.05, 4.69) is 16.8 Å². The highest BCUT2D eigenvalue weighted by Crippen LogP contribution is 2.45. The quantitative estimate of drug-likeness (QED) is 0.570. The normalized spacial score (nSPS) is 21.2. The Balaban J connectivity index is 1.64. The van der Waals surface area contributed by atoms with Gasteiger partial charge in [-0.3, -0.25) is 4.79 Å². The molecule has 34 heavy (non-hydrogen) atoms. The van der Waals surface area contributed by atoms with Gasteiger partial charge >= 0.3 is 5.97 Å². The van der Waals surface area contributed by atoms with Crippen molar-refractivity contribution in [3.63, 3.8) is 0 Å². The number of aryl methyl sites for hydroxylation is 1. The van der Waals surface area contributed by atoms with Crippen molar-refractivity contribution in [3.05, 3.63) is 57.8 Å². The Bertz CT molecular complexity index is 1060. The number of aliphatic imine (C=N–C) groups is 1. The van der Waals surface area contributed by atoms with Crippen molar-refractivity contribution in [2.75, 3.05) is 33.8 Å². The number of ether oxygens (including phenoxy) is 1. The minimum absolute atomic E-state index is 0.0927. The van der Waals surface area contributed by atoms with Gasteiger partial charge in [-0.1, -0.05) is 36.0 Å². The monoisotopic (exact) mass is 482 g/mol. The van der Waals surface area contributed by atoms with Crippen LogP contribution in [0.25, 0.3) is 0 Å². The zero-order valence-corrected chi connectivity index (χ0v) is 21.5. The summed E-state index contributed by atoms with van der Waals surface area (Å²) in [6, 6.07) is 7.95. The molecule has 3 aliphatic heterocycles. The third-order valence-corrected chi connectivity index (χ3v) is 7.83. The first-order valence-corrected chi connectivity index (χ1v) is 12.8. The van der Waals surface area contributed by atoms with Gasteiger partial charge in [0.05, 0.1) is 30.3 Å². The van der Waals surface area contributed by atoms with Gasteiger partial charge in [-0.25, -0.2) is 9.79 Å². The van der Waals surface area contributed by atoms with Crippen LogP contribution in [-0.4, -0.2) is 71.6 Å². The van der Waals surface area contributed by atoms with Crippen LogP contribution in [-0.2, 0) is 14.3 Å². The van der Waals surface area contributed by atoms with Crippen LogP contribution < -0.4 is 0 Å². The second kappa shape index (κ2) is 10.4. The highest BCUT2D eigenvalue weighted by Gasteiger charge is 2.42. The Hall–Kier alpha value is -2.58. The van der Waals surface area contributed by atoms with Crippen molar-refractivity contribution in [3.8, 4) is 0 Å². The lowest BCUT2D eigenvalue weighted by atomic mass is 9.91. The molecule has 0 radical (unpaired) electrons. The number of carbonyl (C=O) groups is 2. The highest BCUT2D eigenvalue weighted by molar-refractivity contribution is 8.16. The van der Waals surface area contributed by atoms with Gasteiger partial charge in [0, 0.05) is 18.8 Å². The smallest absolute Gasteiger partial charge is 0.338 e. The Labute approximate surface area is 206 Å². The zero-order chi connectivity index (χ0) is 24.4. The van der Waals surface area contributed by atoms with E-state index in [0.717, 1.165) is 47.9 Å². The molecule has 1 saturated heterocycles. The summed E-state index contributed by atoms with van der Waals surface area (Å²) in [5.74, 6) is -0.266. The number of fused-ring (bicyclic) bond motifs is 1. The summed E-state index contributed by atoms with van der Waals surface area (Å²) in [5, 5.41) is 2.80. The van der Waals surface area contributed by atoms with E-state index in [-0.39, 0.29) is 30.4 Å². The Morgan fingerprint density at radius 2 is 1.91 bits per heavy atom. The average molecular weight is 483 g/mol. The molecule has 0 spiro atoms. The number of hydrogen-bond acceptors (Lipinski definition) is 7. The second-order valence-corrected chi connectivity index (χ2v) is 10.0. The molecule has 0 aliphatic carbocycles. The fourth-order valence-corrected chi connectivity index (χ4v) is 5.86. The molecule has 3 aliphatic rings. The number of likely N-dealkylation sites (tertiary alicyclic amines) is 1. The predicted octanol–water partition coefficient (Wildman–Crippen LogP) is 4.08. The van der Waals surface area contributed by atoms with E-state index in [0.29, 0.717) is 17.9 Å². The van der Waals surface area contributed by atoms with Gasteiger partial charge in [-0.05, 0) is 70.3 Å². The number of nitrogens with zero attached hydrogens (tertiary/aromatic N) is 4. The number of benzene rings is 1. The summed E-state index contributed by atoms with van der Waals surface area (Å²) in [6.45, 7) is 8.02. The first-order chi connectivity index (χ1) is 16.3. The molecule has 1 aromatic rings. The van der Waals surface area contributed by atoms with Crippen LogP contribution in [0.5, 0.6) is 0 Å². The minimum atomic E-state index is -0.379. The number of thioether (sulfide) groups is 1. The van der Waals surface area contributed by atoms with Crippen molar-refractivity contribution in [1.29, 1.82) is 0 Å². The van der Waals surface area contributed by atoms with Crippen molar-refractivity contribution in [2.45, 2.75) is 52.1 Å². The lowest BCUT2D eigenvalue weighted by Gasteiger charge is -2.38. The molecular weight excluding hydrogens is 448 g/mol. The average Bonchev–Trinajstić information content (AvgIpc) is 3.20. The molecule has 0 N–H and O–H groups in total. The molecule has 3 heterocycles. The molecular formula is C26H34N4O3S. The van der Waals surface area contributed by atoms with Gasteiger partial charge in [0.1, 0.15) is 0 Å². The maximum atomic E-state index is 13.3. The number of amidine groups is 1. The first-order valence-electron chi connectivity index (χ1n) is 11.9. The van der Waals surface area contributed by atoms with Gasteiger partial charge in [-0.15, -0.1) is 0 Å².